The molecule has 0 aliphatic rings. The molecule has 1 heterocycles. The van der Waals surface area contributed by atoms with Gasteiger partial charge in [0.2, 0.25) is 0 Å². The molecule has 1 aromatic carbocycles. The van der Waals surface area contributed by atoms with Crippen molar-refractivity contribution >= 4 is 38.9 Å². The molecule has 0 aliphatic carbocycles. The molecule has 0 radical (unpaired) electrons. The minimum absolute atomic E-state index is 0.886. The zero-order chi connectivity index (χ0) is 10.1. The Morgan fingerprint density at radius 2 is 2.21 bits per heavy atom. The predicted octanol–water partition coefficient (Wildman–Crippen LogP) is 3.60. The maximum atomic E-state index is 5.36. The van der Waals surface area contributed by atoms with Gasteiger partial charge in [-0.25, -0.2) is 0 Å². The van der Waals surface area contributed by atoms with E-state index in [9.17, 15) is 0 Å². The zero-order valence-corrected chi connectivity index (χ0v) is 10.4. The summed E-state index contributed by atoms with van der Waals surface area (Å²) in [5, 5.41) is 1.18. The van der Waals surface area contributed by atoms with Crippen molar-refractivity contribution in [2.45, 2.75) is 0 Å². The van der Waals surface area contributed by atoms with E-state index in [0.29, 0.717) is 0 Å². The Morgan fingerprint density at radius 3 is 2.93 bits per heavy atom. The molecule has 1 aromatic heterocycles. The van der Waals surface area contributed by atoms with Crippen molar-refractivity contribution in [1.82, 2.24) is 4.57 Å². The number of rotatable bonds is 2. The number of benzene rings is 1. The van der Waals surface area contributed by atoms with Gasteiger partial charge in [-0.05, 0) is 34.1 Å². The van der Waals surface area contributed by atoms with E-state index in [1.165, 1.54) is 22.9 Å². The van der Waals surface area contributed by atoms with Crippen LogP contribution in [-0.2, 0) is 7.05 Å². The quantitative estimate of drug-likeness (QED) is 0.775. The lowest BCUT2D eigenvalue weighted by Gasteiger charge is -2.01. The molecule has 0 spiro atoms. The largest absolute Gasteiger partial charge is 0.426 e. The molecule has 14 heavy (non-hydrogen) atoms. The van der Waals surface area contributed by atoms with E-state index in [2.05, 4.69) is 26.6 Å². The van der Waals surface area contributed by atoms with Gasteiger partial charge < -0.3 is 8.75 Å². The summed E-state index contributed by atoms with van der Waals surface area (Å²) >= 11 is 4.87. The summed E-state index contributed by atoms with van der Waals surface area (Å²) in [6.07, 6.45) is 3.96. The number of hydrogen-bond donors (Lipinski definition) is 0. The van der Waals surface area contributed by atoms with Gasteiger partial charge in [-0.2, -0.15) is 0 Å². The maximum Gasteiger partial charge on any atom is 0.138 e. The third-order valence-corrected chi connectivity index (χ3v) is 3.08. The SMILES string of the molecule is CSOc1ccc2c(c1)c(Br)cn2C. The normalized spacial score (nSPS) is 10.8. The average molecular weight is 272 g/mol. The van der Waals surface area contributed by atoms with Gasteiger partial charge in [0.15, 0.2) is 0 Å². The van der Waals surface area contributed by atoms with E-state index >= 15 is 0 Å². The van der Waals surface area contributed by atoms with Crippen molar-refractivity contribution in [1.29, 1.82) is 0 Å². The Bertz CT molecular complexity index is 466. The van der Waals surface area contributed by atoms with Crippen LogP contribution in [0.5, 0.6) is 5.75 Å². The van der Waals surface area contributed by atoms with Crippen LogP contribution in [0.4, 0.5) is 0 Å². The lowest BCUT2D eigenvalue weighted by Crippen LogP contribution is -1.83. The highest BCUT2D eigenvalue weighted by molar-refractivity contribution is 9.10. The smallest absolute Gasteiger partial charge is 0.138 e. The lowest BCUT2D eigenvalue weighted by atomic mass is 10.2. The van der Waals surface area contributed by atoms with Crippen molar-refractivity contribution < 1.29 is 4.18 Å². The van der Waals surface area contributed by atoms with E-state index in [-0.39, 0.29) is 0 Å². The van der Waals surface area contributed by atoms with Crippen LogP contribution in [0.1, 0.15) is 0 Å². The minimum Gasteiger partial charge on any atom is -0.426 e. The highest BCUT2D eigenvalue weighted by Gasteiger charge is 2.05. The highest BCUT2D eigenvalue weighted by atomic mass is 79.9. The fourth-order valence-corrected chi connectivity index (χ4v) is 2.39. The Kier molecular flexibility index (Phi) is 2.74. The molecular weight excluding hydrogens is 262 g/mol. The lowest BCUT2D eigenvalue weighted by molar-refractivity contribution is 0.651. The Balaban J connectivity index is 2.59. The molecule has 2 rings (SSSR count). The molecule has 0 saturated carbocycles. The van der Waals surface area contributed by atoms with Gasteiger partial charge in [-0.15, -0.1) is 0 Å². The first-order chi connectivity index (χ1) is 6.72. The first-order valence-corrected chi connectivity index (χ1v) is 6.12. The van der Waals surface area contributed by atoms with Gasteiger partial charge in [0.1, 0.15) is 5.75 Å². The molecule has 74 valence electrons. The first kappa shape index (κ1) is 9.93. The van der Waals surface area contributed by atoms with E-state index in [1.807, 2.05) is 31.6 Å². The van der Waals surface area contributed by atoms with Gasteiger partial charge >= 0.3 is 0 Å². The van der Waals surface area contributed by atoms with Crippen LogP contribution in [0, 0.1) is 0 Å². The average Bonchev–Trinajstić information content (AvgIpc) is 2.43. The fourth-order valence-electron chi connectivity index (χ4n) is 1.47. The summed E-state index contributed by atoms with van der Waals surface area (Å²) in [6, 6.07) is 6.08. The molecule has 2 nitrogen and oxygen atoms in total. The molecule has 0 saturated heterocycles. The van der Waals surface area contributed by atoms with Crippen LogP contribution < -0.4 is 4.18 Å². The van der Waals surface area contributed by atoms with Crippen molar-refractivity contribution in [2.24, 2.45) is 7.05 Å². The molecule has 0 aliphatic heterocycles. The maximum absolute atomic E-state index is 5.36. The van der Waals surface area contributed by atoms with Gasteiger partial charge in [-0.1, -0.05) is 0 Å². The van der Waals surface area contributed by atoms with Gasteiger partial charge in [0.05, 0.1) is 12.0 Å². The Morgan fingerprint density at radius 1 is 1.43 bits per heavy atom. The van der Waals surface area contributed by atoms with Gasteiger partial charge in [0, 0.05) is 34.9 Å². The predicted molar refractivity (Wildman–Crippen MR) is 64.8 cm³/mol. The second-order valence-electron chi connectivity index (χ2n) is 3.02. The molecule has 0 unspecified atom stereocenters. The van der Waals surface area contributed by atoms with Crippen LogP contribution in [0.2, 0.25) is 0 Å². The second kappa shape index (κ2) is 3.87. The van der Waals surface area contributed by atoms with E-state index in [0.717, 1.165) is 10.2 Å². The van der Waals surface area contributed by atoms with Crippen LogP contribution in [0.15, 0.2) is 28.9 Å². The molecule has 0 bridgehead atoms. The van der Waals surface area contributed by atoms with Crippen molar-refractivity contribution in [3.05, 3.63) is 28.9 Å². The Labute approximate surface area is 95.6 Å². The zero-order valence-electron chi connectivity index (χ0n) is 7.95. The molecule has 0 atom stereocenters. The summed E-state index contributed by atoms with van der Waals surface area (Å²) < 4.78 is 8.55. The highest BCUT2D eigenvalue weighted by Crippen LogP contribution is 2.29. The van der Waals surface area contributed by atoms with Crippen molar-refractivity contribution in [3.63, 3.8) is 0 Å². The van der Waals surface area contributed by atoms with Crippen LogP contribution >= 0.6 is 28.0 Å². The first-order valence-electron chi connectivity index (χ1n) is 4.17. The van der Waals surface area contributed by atoms with Gasteiger partial charge in [0.25, 0.3) is 0 Å². The summed E-state index contributed by atoms with van der Waals surface area (Å²) in [7, 11) is 2.03. The van der Waals surface area contributed by atoms with Crippen molar-refractivity contribution in [2.75, 3.05) is 6.26 Å². The summed E-state index contributed by atoms with van der Waals surface area (Å²) in [5.41, 5.74) is 1.20. The van der Waals surface area contributed by atoms with Crippen LogP contribution in [0.25, 0.3) is 10.9 Å². The van der Waals surface area contributed by atoms with E-state index in [4.69, 9.17) is 4.18 Å². The van der Waals surface area contributed by atoms with Crippen molar-refractivity contribution in [3.8, 4) is 5.75 Å². The molecule has 0 fully saturated rings. The topological polar surface area (TPSA) is 14.2 Å². The van der Waals surface area contributed by atoms with Gasteiger partial charge in [-0.3, -0.25) is 0 Å². The number of nitrogens with zero attached hydrogens (tertiary/aromatic N) is 1. The van der Waals surface area contributed by atoms with Crippen LogP contribution in [-0.4, -0.2) is 10.8 Å². The standard InChI is InChI=1S/C10H10BrNOS/c1-12-6-9(11)8-5-7(13-14-2)3-4-10(8)12/h3-6H,1-2H3. The molecule has 4 heteroatoms. The summed E-state index contributed by atoms with van der Waals surface area (Å²) in [6.45, 7) is 0. The molecule has 2 aromatic rings. The number of aromatic nitrogens is 1. The summed E-state index contributed by atoms with van der Waals surface area (Å²) in [5.74, 6) is 0.886. The number of hydrogen-bond acceptors (Lipinski definition) is 2. The minimum atomic E-state index is 0.886. The third kappa shape index (κ3) is 1.64. The van der Waals surface area contributed by atoms with E-state index in [1.54, 1.807) is 0 Å². The second-order valence-corrected chi connectivity index (χ2v) is 4.37. The summed E-state index contributed by atoms with van der Waals surface area (Å²) in [4.78, 5) is 0. The number of fused-ring (bicyclic) bond motifs is 1. The fraction of sp³-hybridized carbons (Fsp3) is 0.200. The number of halogens is 1. The molecule has 0 N–H and O–H groups in total. The molecular formula is C10H10BrNOS. The van der Waals surface area contributed by atoms with Crippen LogP contribution in [0.3, 0.4) is 0 Å². The monoisotopic (exact) mass is 271 g/mol. The van der Waals surface area contributed by atoms with E-state index < -0.39 is 0 Å². The molecule has 0 amide bonds. The number of aryl methyl sites for hydroxylation is 1. The third-order valence-electron chi connectivity index (χ3n) is 2.09. The Hall–Kier alpha value is -0.610.